The van der Waals surface area contributed by atoms with Crippen LogP contribution in [0.1, 0.15) is 76.2 Å². The SMILES string of the molecule is C[C@H](NCc1cc(C(C)(C)C)cc(C(C)(C)C)c1O)c1nc(-c2cccnc2)cs1. The smallest absolute Gasteiger partial charge is 0.123 e. The Bertz CT molecular complexity index is 997. The molecule has 30 heavy (non-hydrogen) atoms. The van der Waals surface area contributed by atoms with Gasteiger partial charge in [-0.05, 0) is 41.0 Å². The summed E-state index contributed by atoms with van der Waals surface area (Å²) in [6, 6.07) is 8.31. The molecule has 160 valence electrons. The molecule has 1 aromatic carbocycles. The van der Waals surface area contributed by atoms with Gasteiger partial charge in [0.2, 0.25) is 0 Å². The van der Waals surface area contributed by atoms with Crippen molar-refractivity contribution in [3.63, 3.8) is 0 Å². The maximum atomic E-state index is 11.0. The predicted octanol–water partition coefficient (Wildman–Crippen LogP) is 6.36. The average Bonchev–Trinajstić information content (AvgIpc) is 3.16. The van der Waals surface area contributed by atoms with Crippen molar-refractivity contribution in [1.29, 1.82) is 0 Å². The number of nitrogens with zero attached hydrogens (tertiary/aromatic N) is 2. The second kappa shape index (κ2) is 8.48. The zero-order chi connectivity index (χ0) is 22.1. The Hall–Kier alpha value is -2.24. The third kappa shape index (κ3) is 5.08. The summed E-state index contributed by atoms with van der Waals surface area (Å²) in [5.41, 5.74) is 5.03. The van der Waals surface area contributed by atoms with Gasteiger partial charge in [0.1, 0.15) is 10.8 Å². The van der Waals surface area contributed by atoms with Crippen molar-refractivity contribution in [3.05, 3.63) is 63.7 Å². The highest BCUT2D eigenvalue weighted by molar-refractivity contribution is 7.10. The molecule has 2 aromatic heterocycles. The number of thiazole rings is 1. The molecule has 0 unspecified atom stereocenters. The van der Waals surface area contributed by atoms with Gasteiger partial charge in [0, 0.05) is 35.4 Å². The first-order chi connectivity index (χ1) is 14.0. The molecule has 0 amide bonds. The third-order valence-corrected chi connectivity index (χ3v) is 6.34. The normalized spacial score (nSPS) is 13.4. The maximum absolute atomic E-state index is 11.0. The van der Waals surface area contributed by atoms with Crippen LogP contribution in [-0.2, 0) is 17.4 Å². The van der Waals surface area contributed by atoms with Gasteiger partial charge in [-0.15, -0.1) is 11.3 Å². The van der Waals surface area contributed by atoms with Crippen LogP contribution in [0.15, 0.2) is 42.0 Å². The van der Waals surface area contributed by atoms with Crippen LogP contribution in [0.4, 0.5) is 0 Å². The van der Waals surface area contributed by atoms with Crippen LogP contribution in [0.3, 0.4) is 0 Å². The monoisotopic (exact) mass is 423 g/mol. The summed E-state index contributed by atoms with van der Waals surface area (Å²) < 4.78 is 0. The van der Waals surface area contributed by atoms with Crippen LogP contribution in [0.2, 0.25) is 0 Å². The first-order valence-corrected chi connectivity index (χ1v) is 11.3. The van der Waals surface area contributed by atoms with Gasteiger partial charge in [-0.25, -0.2) is 4.98 Å². The molecule has 0 saturated carbocycles. The second-order valence-corrected chi connectivity index (χ2v) is 10.8. The number of pyridine rings is 1. The summed E-state index contributed by atoms with van der Waals surface area (Å²) in [7, 11) is 0. The molecule has 3 aromatic rings. The minimum Gasteiger partial charge on any atom is -0.507 e. The van der Waals surface area contributed by atoms with E-state index in [9.17, 15) is 5.11 Å². The van der Waals surface area contributed by atoms with E-state index in [1.807, 2.05) is 18.3 Å². The van der Waals surface area contributed by atoms with E-state index in [1.54, 1.807) is 17.5 Å². The zero-order valence-corrected chi connectivity index (χ0v) is 19.9. The van der Waals surface area contributed by atoms with Gasteiger partial charge >= 0.3 is 0 Å². The standard InChI is InChI=1S/C25H33N3OS/c1-16(23-28-21(15-30-23)17-9-8-10-26-13-17)27-14-18-11-19(24(2,3)4)12-20(22(18)29)25(5,6)7/h8-13,15-16,27,29H,14H2,1-7H3/t16-/m0/s1. The number of phenolic OH excluding ortho intramolecular Hbond substituents is 1. The van der Waals surface area contributed by atoms with Crippen LogP contribution < -0.4 is 5.32 Å². The van der Waals surface area contributed by atoms with E-state index in [0.29, 0.717) is 12.3 Å². The fourth-order valence-electron chi connectivity index (χ4n) is 3.32. The number of aromatic nitrogens is 2. The van der Waals surface area contributed by atoms with Gasteiger partial charge in [0.15, 0.2) is 0 Å². The Kier molecular flexibility index (Phi) is 6.34. The first kappa shape index (κ1) is 22.4. The molecule has 0 aliphatic carbocycles. The highest BCUT2D eigenvalue weighted by atomic mass is 32.1. The van der Waals surface area contributed by atoms with Gasteiger partial charge in [-0.1, -0.05) is 53.7 Å². The predicted molar refractivity (Wildman–Crippen MR) is 126 cm³/mol. The van der Waals surface area contributed by atoms with Gasteiger partial charge in [0.25, 0.3) is 0 Å². The minimum atomic E-state index is -0.125. The van der Waals surface area contributed by atoms with Gasteiger partial charge in [-0.2, -0.15) is 0 Å². The van der Waals surface area contributed by atoms with E-state index in [1.165, 1.54) is 5.56 Å². The Morgan fingerprint density at radius 2 is 1.83 bits per heavy atom. The van der Waals surface area contributed by atoms with Gasteiger partial charge < -0.3 is 10.4 Å². The Labute approximate surface area is 184 Å². The molecule has 2 heterocycles. The summed E-state index contributed by atoms with van der Waals surface area (Å²) in [5, 5.41) is 17.6. The molecule has 1 atom stereocenters. The molecule has 4 nitrogen and oxygen atoms in total. The van der Waals surface area contributed by atoms with Crippen molar-refractivity contribution < 1.29 is 5.11 Å². The molecular formula is C25H33N3OS. The maximum Gasteiger partial charge on any atom is 0.123 e. The highest BCUT2D eigenvalue weighted by Gasteiger charge is 2.25. The number of nitrogens with one attached hydrogen (secondary N) is 1. The van der Waals surface area contributed by atoms with Crippen LogP contribution in [-0.4, -0.2) is 15.1 Å². The van der Waals surface area contributed by atoms with E-state index in [4.69, 9.17) is 4.98 Å². The van der Waals surface area contributed by atoms with Crippen molar-refractivity contribution in [2.24, 2.45) is 0 Å². The van der Waals surface area contributed by atoms with E-state index in [0.717, 1.165) is 27.4 Å². The van der Waals surface area contributed by atoms with E-state index in [2.05, 4.69) is 76.3 Å². The number of aromatic hydroxyl groups is 1. The zero-order valence-electron chi connectivity index (χ0n) is 19.1. The lowest BCUT2D eigenvalue weighted by Crippen LogP contribution is -2.21. The number of hydrogen-bond donors (Lipinski definition) is 2. The second-order valence-electron chi connectivity index (χ2n) is 9.95. The van der Waals surface area contributed by atoms with Crippen molar-refractivity contribution in [1.82, 2.24) is 15.3 Å². The third-order valence-electron chi connectivity index (χ3n) is 5.31. The van der Waals surface area contributed by atoms with Crippen LogP contribution in [0.5, 0.6) is 5.75 Å². The van der Waals surface area contributed by atoms with Crippen molar-refractivity contribution in [2.75, 3.05) is 0 Å². The van der Waals surface area contributed by atoms with E-state index >= 15 is 0 Å². The molecule has 0 bridgehead atoms. The molecule has 0 saturated heterocycles. The fraction of sp³-hybridized carbons (Fsp3) is 0.440. The summed E-state index contributed by atoms with van der Waals surface area (Å²) in [6.45, 7) is 15.8. The quantitative estimate of drug-likeness (QED) is 0.501. The van der Waals surface area contributed by atoms with E-state index < -0.39 is 0 Å². The summed E-state index contributed by atoms with van der Waals surface area (Å²) in [4.78, 5) is 8.96. The summed E-state index contributed by atoms with van der Waals surface area (Å²) in [5.74, 6) is 0.394. The summed E-state index contributed by atoms with van der Waals surface area (Å²) in [6.07, 6.45) is 3.60. The number of hydrogen-bond acceptors (Lipinski definition) is 5. The molecule has 5 heteroatoms. The molecule has 2 N–H and O–H groups in total. The summed E-state index contributed by atoms with van der Waals surface area (Å²) >= 11 is 1.64. The number of benzene rings is 1. The van der Waals surface area contributed by atoms with Gasteiger partial charge in [0.05, 0.1) is 11.7 Å². The number of rotatable bonds is 5. The van der Waals surface area contributed by atoms with Crippen molar-refractivity contribution in [2.45, 2.75) is 71.9 Å². The molecule has 0 radical (unpaired) electrons. The Balaban J connectivity index is 1.82. The van der Waals surface area contributed by atoms with Crippen LogP contribution in [0.25, 0.3) is 11.3 Å². The topological polar surface area (TPSA) is 58.0 Å². The molecule has 0 aliphatic rings. The molecule has 3 rings (SSSR count). The molecule has 0 fully saturated rings. The molecular weight excluding hydrogens is 390 g/mol. The van der Waals surface area contributed by atoms with Crippen molar-refractivity contribution >= 4 is 11.3 Å². The van der Waals surface area contributed by atoms with Crippen LogP contribution in [0, 0.1) is 0 Å². The van der Waals surface area contributed by atoms with Gasteiger partial charge in [-0.3, -0.25) is 4.98 Å². The lowest BCUT2D eigenvalue weighted by molar-refractivity contribution is 0.432. The van der Waals surface area contributed by atoms with E-state index in [-0.39, 0.29) is 16.9 Å². The largest absolute Gasteiger partial charge is 0.507 e. The Morgan fingerprint density at radius 3 is 2.43 bits per heavy atom. The first-order valence-electron chi connectivity index (χ1n) is 10.4. The fourth-order valence-corrected chi connectivity index (χ4v) is 4.18. The number of phenols is 1. The minimum absolute atomic E-state index is 0.0159. The Morgan fingerprint density at radius 1 is 1.10 bits per heavy atom. The average molecular weight is 424 g/mol. The lowest BCUT2D eigenvalue weighted by Gasteiger charge is -2.28. The lowest BCUT2D eigenvalue weighted by atomic mass is 9.79. The van der Waals surface area contributed by atoms with Crippen molar-refractivity contribution in [3.8, 4) is 17.0 Å². The molecule has 0 spiro atoms. The van der Waals surface area contributed by atoms with Crippen LogP contribution >= 0.6 is 11.3 Å². The highest BCUT2D eigenvalue weighted by Crippen LogP contribution is 2.38. The molecule has 0 aliphatic heterocycles.